The molecule has 0 heterocycles. The lowest BCUT2D eigenvalue weighted by Crippen LogP contribution is -2.14. The largest absolute Gasteiger partial charge is 0.462 e. The Hall–Kier alpha value is -1.27. The van der Waals surface area contributed by atoms with E-state index in [1.165, 1.54) is 18.2 Å². The van der Waals surface area contributed by atoms with E-state index in [1.807, 2.05) is 0 Å². The molecule has 0 amide bonds. The van der Waals surface area contributed by atoms with Gasteiger partial charge in [0.1, 0.15) is 5.21 Å². The predicted octanol–water partition coefficient (Wildman–Crippen LogP) is 1.80. The van der Waals surface area contributed by atoms with E-state index in [-0.39, 0.29) is 17.9 Å². The van der Waals surface area contributed by atoms with Crippen molar-refractivity contribution in [1.29, 1.82) is 0 Å². The van der Waals surface area contributed by atoms with Crippen molar-refractivity contribution in [3.8, 4) is 0 Å². The summed E-state index contributed by atoms with van der Waals surface area (Å²) in [7, 11) is -3.56. The highest BCUT2D eigenvalue weighted by Gasteiger charge is 2.11. The fourth-order valence-corrected chi connectivity index (χ4v) is 1.84. The lowest BCUT2D eigenvalue weighted by molar-refractivity contribution is 0.0526. The van der Waals surface area contributed by atoms with Crippen LogP contribution in [0, 0.1) is 0 Å². The van der Waals surface area contributed by atoms with Crippen LogP contribution in [0.3, 0.4) is 0 Å². The third kappa shape index (κ3) is 4.24. The van der Waals surface area contributed by atoms with Crippen LogP contribution in [0.15, 0.2) is 24.3 Å². The van der Waals surface area contributed by atoms with Gasteiger partial charge in [0.15, 0.2) is 0 Å². The predicted molar refractivity (Wildman–Crippen MR) is 65.7 cm³/mol. The first kappa shape index (κ1) is 13.8. The number of rotatable bonds is 5. The van der Waals surface area contributed by atoms with Crippen LogP contribution in [0.4, 0.5) is 5.69 Å². The van der Waals surface area contributed by atoms with Gasteiger partial charge < -0.3 is 4.74 Å². The van der Waals surface area contributed by atoms with Crippen LogP contribution < -0.4 is 4.72 Å². The number of alkyl halides is 1. The molecule has 1 aromatic rings. The molecular weight excluding hydrogens is 266 g/mol. The number of sulfonamides is 1. The van der Waals surface area contributed by atoms with E-state index in [2.05, 4.69) is 4.72 Å². The quantitative estimate of drug-likeness (QED) is 0.658. The normalized spacial score (nSPS) is 10.9. The first-order valence-electron chi connectivity index (χ1n) is 4.82. The van der Waals surface area contributed by atoms with Crippen LogP contribution >= 0.6 is 11.6 Å². The number of esters is 1. The van der Waals surface area contributed by atoms with Gasteiger partial charge >= 0.3 is 5.97 Å². The molecule has 0 aliphatic carbocycles. The first-order chi connectivity index (χ1) is 7.98. The summed E-state index contributed by atoms with van der Waals surface area (Å²) in [5, 5.41) is -0.545. The second-order valence-corrected chi connectivity index (χ2v) is 5.43. The topological polar surface area (TPSA) is 72.5 Å². The van der Waals surface area contributed by atoms with Gasteiger partial charge in [-0.25, -0.2) is 13.2 Å². The van der Waals surface area contributed by atoms with Crippen LogP contribution in [0.25, 0.3) is 0 Å². The van der Waals surface area contributed by atoms with Gasteiger partial charge in [0.05, 0.1) is 12.2 Å². The van der Waals surface area contributed by atoms with Crippen LogP contribution in [0.1, 0.15) is 17.3 Å². The molecule has 17 heavy (non-hydrogen) atoms. The maximum atomic E-state index is 11.4. The molecule has 0 saturated heterocycles. The Morgan fingerprint density at radius 3 is 2.76 bits per heavy atom. The molecule has 0 atom stereocenters. The lowest BCUT2D eigenvalue weighted by atomic mass is 10.2. The third-order valence-corrected chi connectivity index (χ3v) is 3.49. The Morgan fingerprint density at radius 1 is 1.47 bits per heavy atom. The molecule has 0 saturated carbocycles. The van der Waals surface area contributed by atoms with Crippen LogP contribution in [0.2, 0.25) is 0 Å². The summed E-state index contributed by atoms with van der Waals surface area (Å²) < 4.78 is 29.5. The highest BCUT2D eigenvalue weighted by Crippen LogP contribution is 2.13. The fraction of sp³-hybridized carbons (Fsp3) is 0.300. The third-order valence-electron chi connectivity index (χ3n) is 1.79. The summed E-state index contributed by atoms with van der Waals surface area (Å²) in [6, 6.07) is 6.00. The molecule has 1 N–H and O–H groups in total. The number of anilines is 1. The summed E-state index contributed by atoms with van der Waals surface area (Å²) in [5.74, 6) is -0.501. The van der Waals surface area contributed by atoms with Gasteiger partial charge in [-0.15, -0.1) is 11.6 Å². The molecule has 1 rings (SSSR count). The van der Waals surface area contributed by atoms with Crippen molar-refractivity contribution >= 4 is 33.3 Å². The number of carbonyl (C=O) groups is 1. The minimum absolute atomic E-state index is 0.260. The zero-order valence-corrected chi connectivity index (χ0v) is 10.7. The molecule has 0 aliphatic heterocycles. The van der Waals surface area contributed by atoms with Crippen molar-refractivity contribution in [3.05, 3.63) is 29.8 Å². The summed E-state index contributed by atoms with van der Waals surface area (Å²) in [6.07, 6.45) is 0. The van der Waals surface area contributed by atoms with Crippen molar-refractivity contribution in [2.75, 3.05) is 16.5 Å². The monoisotopic (exact) mass is 277 g/mol. The van der Waals surface area contributed by atoms with E-state index in [0.29, 0.717) is 0 Å². The molecule has 1 aromatic carbocycles. The maximum absolute atomic E-state index is 11.4. The molecule has 94 valence electrons. The highest BCUT2D eigenvalue weighted by atomic mass is 35.5. The van der Waals surface area contributed by atoms with Gasteiger partial charge in [0, 0.05) is 5.69 Å². The zero-order valence-electron chi connectivity index (χ0n) is 9.14. The maximum Gasteiger partial charge on any atom is 0.338 e. The minimum atomic E-state index is -3.56. The van der Waals surface area contributed by atoms with E-state index in [9.17, 15) is 13.2 Å². The van der Waals surface area contributed by atoms with E-state index in [0.717, 1.165) is 0 Å². The van der Waals surface area contributed by atoms with Gasteiger partial charge in [-0.1, -0.05) is 6.07 Å². The smallest absolute Gasteiger partial charge is 0.338 e. The van der Waals surface area contributed by atoms with Crippen LogP contribution in [0.5, 0.6) is 0 Å². The van der Waals surface area contributed by atoms with Crippen molar-refractivity contribution in [2.45, 2.75) is 6.92 Å². The molecule has 0 radical (unpaired) electrons. The molecule has 0 aromatic heterocycles. The molecular formula is C10H12ClNO4S. The number of hydrogen-bond acceptors (Lipinski definition) is 4. The SMILES string of the molecule is CCOC(=O)c1cccc(NS(=O)(=O)CCl)c1. The molecule has 5 nitrogen and oxygen atoms in total. The molecule has 7 heteroatoms. The summed E-state index contributed by atoms with van der Waals surface area (Å²) in [4.78, 5) is 11.4. The molecule has 0 spiro atoms. The van der Waals surface area contributed by atoms with Crippen molar-refractivity contribution < 1.29 is 17.9 Å². The average molecular weight is 278 g/mol. The Kier molecular flexibility index (Phi) is 4.77. The molecule has 0 fully saturated rings. The highest BCUT2D eigenvalue weighted by molar-refractivity contribution is 7.93. The number of hydrogen-bond donors (Lipinski definition) is 1. The van der Waals surface area contributed by atoms with E-state index in [4.69, 9.17) is 16.3 Å². The van der Waals surface area contributed by atoms with E-state index in [1.54, 1.807) is 13.0 Å². The molecule has 0 unspecified atom stereocenters. The average Bonchev–Trinajstić information content (AvgIpc) is 2.29. The lowest BCUT2D eigenvalue weighted by Gasteiger charge is -2.07. The molecule has 0 bridgehead atoms. The zero-order chi connectivity index (χ0) is 12.9. The number of carbonyl (C=O) groups excluding carboxylic acids is 1. The molecule has 0 aliphatic rings. The Labute approximate surface area is 105 Å². The van der Waals surface area contributed by atoms with Gasteiger partial charge in [0.2, 0.25) is 10.0 Å². The number of ether oxygens (including phenoxy) is 1. The van der Waals surface area contributed by atoms with Gasteiger partial charge in [-0.2, -0.15) is 0 Å². The number of nitrogens with one attached hydrogen (secondary N) is 1. The fourth-order valence-electron chi connectivity index (χ4n) is 1.13. The van der Waals surface area contributed by atoms with Crippen molar-refractivity contribution in [2.24, 2.45) is 0 Å². The van der Waals surface area contributed by atoms with Gasteiger partial charge in [-0.05, 0) is 25.1 Å². The minimum Gasteiger partial charge on any atom is -0.462 e. The Bertz CT molecular complexity index is 501. The summed E-state index contributed by atoms with van der Waals surface area (Å²) >= 11 is 5.25. The first-order valence-corrected chi connectivity index (χ1v) is 7.01. The van der Waals surface area contributed by atoms with Crippen molar-refractivity contribution in [1.82, 2.24) is 0 Å². The van der Waals surface area contributed by atoms with Crippen LogP contribution in [-0.2, 0) is 14.8 Å². The number of halogens is 1. The van der Waals surface area contributed by atoms with Gasteiger partial charge in [-0.3, -0.25) is 4.72 Å². The Morgan fingerprint density at radius 2 is 2.18 bits per heavy atom. The van der Waals surface area contributed by atoms with Gasteiger partial charge in [0.25, 0.3) is 0 Å². The second kappa shape index (κ2) is 5.88. The second-order valence-electron chi connectivity index (χ2n) is 3.13. The summed E-state index contributed by atoms with van der Waals surface area (Å²) in [6.45, 7) is 1.95. The summed E-state index contributed by atoms with van der Waals surface area (Å²) in [5.41, 5.74) is 0.554. The number of benzene rings is 1. The van der Waals surface area contributed by atoms with Crippen LogP contribution in [-0.4, -0.2) is 26.2 Å². The Balaban J connectivity index is 2.90. The van der Waals surface area contributed by atoms with E-state index < -0.39 is 21.2 Å². The standard InChI is InChI=1S/C10H12ClNO4S/c1-2-16-10(13)8-4-3-5-9(6-8)12-17(14,15)7-11/h3-6,12H,2,7H2,1H3. The van der Waals surface area contributed by atoms with Crippen molar-refractivity contribution in [3.63, 3.8) is 0 Å². The van der Waals surface area contributed by atoms with E-state index >= 15 is 0 Å².